The number of imidazole rings is 1. The molecule has 2 heterocycles. The molecule has 1 atom stereocenters. The van der Waals surface area contributed by atoms with Crippen molar-refractivity contribution in [2.24, 2.45) is 13.0 Å². The lowest BCUT2D eigenvalue weighted by Gasteiger charge is -2.15. The van der Waals surface area contributed by atoms with E-state index in [1.165, 1.54) is 0 Å². The van der Waals surface area contributed by atoms with Gasteiger partial charge in [0.15, 0.2) is 0 Å². The molecular formula is C13H14ClN3O. The summed E-state index contributed by atoms with van der Waals surface area (Å²) >= 11 is 5.84. The number of alkyl halides is 1. The fourth-order valence-corrected chi connectivity index (χ4v) is 2.66. The molecule has 0 N–H and O–H groups in total. The van der Waals surface area contributed by atoms with Gasteiger partial charge in [-0.2, -0.15) is 0 Å². The van der Waals surface area contributed by atoms with Gasteiger partial charge in [0.2, 0.25) is 11.9 Å². The average molecular weight is 264 g/mol. The van der Waals surface area contributed by atoms with E-state index < -0.39 is 0 Å². The third-order valence-electron chi connectivity index (χ3n) is 3.43. The van der Waals surface area contributed by atoms with E-state index in [9.17, 15) is 4.79 Å². The Morgan fingerprint density at radius 1 is 1.44 bits per heavy atom. The van der Waals surface area contributed by atoms with E-state index in [4.69, 9.17) is 11.6 Å². The van der Waals surface area contributed by atoms with Crippen molar-refractivity contribution in [2.45, 2.75) is 6.42 Å². The lowest BCUT2D eigenvalue weighted by molar-refractivity contribution is -0.117. The topological polar surface area (TPSA) is 38.1 Å². The van der Waals surface area contributed by atoms with Gasteiger partial charge in [-0.15, -0.1) is 11.6 Å². The van der Waals surface area contributed by atoms with Gasteiger partial charge >= 0.3 is 0 Å². The Morgan fingerprint density at radius 2 is 2.22 bits per heavy atom. The van der Waals surface area contributed by atoms with Gasteiger partial charge < -0.3 is 4.57 Å². The van der Waals surface area contributed by atoms with Crippen LogP contribution in [0.15, 0.2) is 24.3 Å². The number of para-hydroxylation sites is 2. The van der Waals surface area contributed by atoms with E-state index in [-0.39, 0.29) is 11.8 Å². The number of aromatic nitrogens is 2. The highest BCUT2D eigenvalue weighted by molar-refractivity contribution is 6.18. The number of carbonyl (C=O) groups excluding carboxylic acids is 1. The van der Waals surface area contributed by atoms with Crippen LogP contribution in [0.3, 0.4) is 0 Å². The summed E-state index contributed by atoms with van der Waals surface area (Å²) in [6, 6.07) is 7.89. The molecule has 1 amide bonds. The van der Waals surface area contributed by atoms with Crippen molar-refractivity contribution in [1.29, 1.82) is 0 Å². The van der Waals surface area contributed by atoms with Crippen molar-refractivity contribution in [2.75, 3.05) is 17.3 Å². The fourth-order valence-electron chi connectivity index (χ4n) is 2.45. The van der Waals surface area contributed by atoms with Gasteiger partial charge in [0, 0.05) is 25.9 Å². The SMILES string of the molecule is Cn1c(N2CC(CCl)CC2=O)nc2ccccc21. The Kier molecular flexibility index (Phi) is 2.74. The number of carbonyl (C=O) groups is 1. The highest BCUT2D eigenvalue weighted by atomic mass is 35.5. The second-order valence-corrected chi connectivity index (χ2v) is 5.00. The maximum absolute atomic E-state index is 12.0. The van der Waals surface area contributed by atoms with Gasteiger partial charge in [-0.3, -0.25) is 9.69 Å². The first-order chi connectivity index (χ1) is 8.70. The summed E-state index contributed by atoms with van der Waals surface area (Å²) in [4.78, 5) is 18.3. The number of anilines is 1. The first-order valence-electron chi connectivity index (χ1n) is 5.98. The van der Waals surface area contributed by atoms with Crippen LogP contribution in [0.2, 0.25) is 0 Å². The zero-order chi connectivity index (χ0) is 12.7. The number of benzene rings is 1. The Bertz CT molecular complexity index is 607. The largest absolute Gasteiger partial charge is 0.313 e. The zero-order valence-corrected chi connectivity index (χ0v) is 10.9. The summed E-state index contributed by atoms with van der Waals surface area (Å²) in [6.07, 6.45) is 0.521. The number of hydrogen-bond acceptors (Lipinski definition) is 2. The third kappa shape index (κ3) is 1.68. The lowest BCUT2D eigenvalue weighted by Crippen LogP contribution is -2.27. The molecule has 1 aliphatic heterocycles. The van der Waals surface area contributed by atoms with E-state index in [0.29, 0.717) is 24.8 Å². The van der Waals surface area contributed by atoms with Gasteiger partial charge in [0.25, 0.3) is 0 Å². The van der Waals surface area contributed by atoms with Crippen LogP contribution in [0, 0.1) is 5.92 Å². The van der Waals surface area contributed by atoms with Crippen molar-refractivity contribution in [1.82, 2.24) is 9.55 Å². The summed E-state index contributed by atoms with van der Waals surface area (Å²) in [5.74, 6) is 1.58. The molecule has 5 heteroatoms. The average Bonchev–Trinajstić information content (AvgIpc) is 2.91. The van der Waals surface area contributed by atoms with Crippen LogP contribution in [-0.4, -0.2) is 27.9 Å². The normalized spacial score (nSPS) is 20.0. The predicted molar refractivity (Wildman–Crippen MR) is 71.9 cm³/mol. The molecule has 1 saturated heterocycles. The molecule has 1 unspecified atom stereocenters. The molecule has 1 aromatic carbocycles. The van der Waals surface area contributed by atoms with Crippen LogP contribution in [0.1, 0.15) is 6.42 Å². The van der Waals surface area contributed by atoms with Crippen molar-refractivity contribution in [3.8, 4) is 0 Å². The van der Waals surface area contributed by atoms with Crippen LogP contribution in [0.25, 0.3) is 11.0 Å². The van der Waals surface area contributed by atoms with Gasteiger partial charge in [0.1, 0.15) is 0 Å². The zero-order valence-electron chi connectivity index (χ0n) is 10.1. The van der Waals surface area contributed by atoms with Crippen molar-refractivity contribution in [3.63, 3.8) is 0 Å². The number of halogens is 1. The molecule has 1 aromatic heterocycles. The van der Waals surface area contributed by atoms with E-state index in [1.807, 2.05) is 35.9 Å². The first kappa shape index (κ1) is 11.5. The molecule has 18 heavy (non-hydrogen) atoms. The molecule has 0 aliphatic carbocycles. The molecule has 0 radical (unpaired) electrons. The van der Waals surface area contributed by atoms with Gasteiger partial charge in [-0.1, -0.05) is 12.1 Å². The summed E-state index contributed by atoms with van der Waals surface area (Å²) in [5.41, 5.74) is 1.95. The minimum absolute atomic E-state index is 0.110. The Morgan fingerprint density at radius 3 is 2.89 bits per heavy atom. The Labute approximate surface area is 110 Å². The van der Waals surface area contributed by atoms with E-state index in [1.54, 1.807) is 4.90 Å². The lowest BCUT2D eigenvalue weighted by atomic mass is 10.2. The number of rotatable bonds is 2. The second-order valence-electron chi connectivity index (χ2n) is 4.69. The number of aryl methyl sites for hydroxylation is 1. The van der Waals surface area contributed by atoms with Crippen LogP contribution >= 0.6 is 11.6 Å². The smallest absolute Gasteiger partial charge is 0.229 e. The van der Waals surface area contributed by atoms with E-state index in [2.05, 4.69) is 4.98 Å². The molecular weight excluding hydrogens is 250 g/mol. The molecule has 0 bridgehead atoms. The van der Waals surface area contributed by atoms with E-state index in [0.717, 1.165) is 11.0 Å². The van der Waals surface area contributed by atoms with Crippen molar-refractivity contribution >= 4 is 34.5 Å². The van der Waals surface area contributed by atoms with Gasteiger partial charge in [-0.05, 0) is 18.1 Å². The van der Waals surface area contributed by atoms with Gasteiger partial charge in [-0.25, -0.2) is 4.98 Å². The molecule has 1 fully saturated rings. The molecule has 94 valence electrons. The minimum atomic E-state index is 0.110. The van der Waals surface area contributed by atoms with Crippen molar-refractivity contribution in [3.05, 3.63) is 24.3 Å². The third-order valence-corrected chi connectivity index (χ3v) is 3.86. The second kappa shape index (κ2) is 4.28. The number of fused-ring (bicyclic) bond motifs is 1. The van der Waals surface area contributed by atoms with Crippen LogP contribution in [0.5, 0.6) is 0 Å². The predicted octanol–water partition coefficient (Wildman–Crippen LogP) is 2.17. The monoisotopic (exact) mass is 263 g/mol. The number of hydrogen-bond donors (Lipinski definition) is 0. The number of nitrogens with zero attached hydrogens (tertiary/aromatic N) is 3. The van der Waals surface area contributed by atoms with Crippen LogP contribution < -0.4 is 4.90 Å². The highest BCUT2D eigenvalue weighted by Gasteiger charge is 2.32. The quantitative estimate of drug-likeness (QED) is 0.779. The summed E-state index contributed by atoms with van der Waals surface area (Å²) < 4.78 is 1.96. The maximum Gasteiger partial charge on any atom is 0.229 e. The van der Waals surface area contributed by atoms with Gasteiger partial charge in [0.05, 0.1) is 11.0 Å². The van der Waals surface area contributed by atoms with Crippen LogP contribution in [0.4, 0.5) is 5.95 Å². The maximum atomic E-state index is 12.0. The van der Waals surface area contributed by atoms with E-state index >= 15 is 0 Å². The number of amides is 1. The highest BCUT2D eigenvalue weighted by Crippen LogP contribution is 2.27. The summed E-state index contributed by atoms with van der Waals surface area (Å²) in [7, 11) is 1.94. The minimum Gasteiger partial charge on any atom is -0.313 e. The van der Waals surface area contributed by atoms with Crippen LogP contribution in [-0.2, 0) is 11.8 Å². The Hall–Kier alpha value is -1.55. The molecule has 0 spiro atoms. The first-order valence-corrected chi connectivity index (χ1v) is 6.52. The molecule has 2 aromatic rings. The van der Waals surface area contributed by atoms with Crippen molar-refractivity contribution < 1.29 is 4.79 Å². The molecule has 4 nitrogen and oxygen atoms in total. The standard InChI is InChI=1S/C13H14ClN3O/c1-16-11-5-3-2-4-10(11)15-13(16)17-8-9(7-14)6-12(17)18/h2-5,9H,6-8H2,1H3. The summed E-state index contributed by atoms with van der Waals surface area (Å²) in [6.45, 7) is 0.666. The fraction of sp³-hybridized carbons (Fsp3) is 0.385. The Balaban J connectivity index is 2.04. The molecule has 1 aliphatic rings. The molecule has 0 saturated carbocycles. The molecule has 3 rings (SSSR count). The summed E-state index contributed by atoms with van der Waals surface area (Å²) in [5, 5.41) is 0.